The van der Waals surface area contributed by atoms with Crippen LogP contribution in [-0.2, 0) is 4.79 Å². The molecule has 0 bridgehead atoms. The molecular weight excluding hydrogens is 188 g/mol. The van der Waals surface area contributed by atoms with Crippen molar-refractivity contribution in [2.24, 2.45) is 11.3 Å². The summed E-state index contributed by atoms with van der Waals surface area (Å²) in [6.07, 6.45) is 0.927. The van der Waals surface area contributed by atoms with Crippen LogP contribution >= 0.6 is 0 Å². The van der Waals surface area contributed by atoms with Gasteiger partial charge in [-0.15, -0.1) is 5.92 Å². The van der Waals surface area contributed by atoms with Crippen LogP contribution in [0.1, 0.15) is 27.2 Å². The van der Waals surface area contributed by atoms with Crippen LogP contribution in [0.4, 0.5) is 0 Å². The van der Waals surface area contributed by atoms with Gasteiger partial charge in [-0.2, -0.15) is 0 Å². The first kappa shape index (κ1) is 12.1. The zero-order valence-corrected chi connectivity index (χ0v) is 9.81. The van der Waals surface area contributed by atoms with E-state index in [2.05, 4.69) is 36.3 Å². The summed E-state index contributed by atoms with van der Waals surface area (Å²) in [7, 11) is 0. The first-order chi connectivity index (χ1) is 7.13. The van der Waals surface area contributed by atoms with Crippen molar-refractivity contribution in [2.45, 2.75) is 27.2 Å². The quantitative estimate of drug-likeness (QED) is 0.672. The minimum atomic E-state index is -0.227. The summed E-state index contributed by atoms with van der Waals surface area (Å²) < 4.78 is 0. The Labute approximate surface area is 92.0 Å². The summed E-state index contributed by atoms with van der Waals surface area (Å²) in [5.74, 6) is 6.14. The van der Waals surface area contributed by atoms with Gasteiger partial charge in [0.1, 0.15) is 0 Å². The molecule has 0 saturated carbocycles. The van der Waals surface area contributed by atoms with Gasteiger partial charge < -0.3 is 10.6 Å². The SMILES string of the molecule is CC#CCNC(=O)C1(C(C)C)CCNC1. The zero-order valence-electron chi connectivity index (χ0n) is 9.81. The molecule has 2 N–H and O–H groups in total. The van der Waals surface area contributed by atoms with Crippen molar-refractivity contribution in [1.29, 1.82) is 0 Å². The largest absolute Gasteiger partial charge is 0.345 e. The van der Waals surface area contributed by atoms with Gasteiger partial charge in [-0.1, -0.05) is 19.8 Å². The number of hydrogen-bond acceptors (Lipinski definition) is 2. The fourth-order valence-corrected chi connectivity index (χ4v) is 2.05. The predicted octanol–water partition coefficient (Wildman–Crippen LogP) is 0.762. The molecule has 0 aromatic carbocycles. The van der Waals surface area contributed by atoms with E-state index >= 15 is 0 Å². The monoisotopic (exact) mass is 208 g/mol. The van der Waals surface area contributed by atoms with E-state index in [0.29, 0.717) is 12.5 Å². The molecule has 1 rings (SSSR count). The molecule has 84 valence electrons. The molecule has 1 aliphatic heterocycles. The fourth-order valence-electron chi connectivity index (χ4n) is 2.05. The molecule has 1 unspecified atom stereocenters. The van der Waals surface area contributed by atoms with Gasteiger partial charge in [0.25, 0.3) is 0 Å². The fraction of sp³-hybridized carbons (Fsp3) is 0.750. The van der Waals surface area contributed by atoms with E-state index in [0.717, 1.165) is 19.5 Å². The molecule has 1 atom stereocenters. The van der Waals surface area contributed by atoms with Crippen LogP contribution < -0.4 is 10.6 Å². The van der Waals surface area contributed by atoms with Gasteiger partial charge in [-0.3, -0.25) is 4.79 Å². The van der Waals surface area contributed by atoms with E-state index < -0.39 is 0 Å². The first-order valence-corrected chi connectivity index (χ1v) is 5.52. The molecular formula is C12H20N2O. The minimum Gasteiger partial charge on any atom is -0.345 e. The molecule has 1 saturated heterocycles. The topological polar surface area (TPSA) is 41.1 Å². The van der Waals surface area contributed by atoms with E-state index in [-0.39, 0.29) is 11.3 Å². The zero-order chi connectivity index (χ0) is 11.3. The maximum absolute atomic E-state index is 12.1. The minimum absolute atomic E-state index is 0.144. The summed E-state index contributed by atoms with van der Waals surface area (Å²) >= 11 is 0. The number of carbonyl (C=O) groups is 1. The third kappa shape index (κ3) is 2.51. The van der Waals surface area contributed by atoms with Crippen molar-refractivity contribution in [1.82, 2.24) is 10.6 Å². The number of carbonyl (C=O) groups excluding carboxylic acids is 1. The van der Waals surface area contributed by atoms with Crippen LogP contribution in [0.25, 0.3) is 0 Å². The van der Waals surface area contributed by atoms with E-state index in [1.54, 1.807) is 6.92 Å². The lowest BCUT2D eigenvalue weighted by Gasteiger charge is -2.30. The van der Waals surface area contributed by atoms with Crippen LogP contribution in [-0.4, -0.2) is 25.5 Å². The van der Waals surface area contributed by atoms with E-state index in [9.17, 15) is 4.79 Å². The van der Waals surface area contributed by atoms with Crippen LogP contribution in [0.3, 0.4) is 0 Å². The van der Waals surface area contributed by atoms with Gasteiger partial charge in [0.15, 0.2) is 0 Å². The molecule has 0 aromatic rings. The Morgan fingerprint density at radius 1 is 1.60 bits per heavy atom. The van der Waals surface area contributed by atoms with Crippen molar-refractivity contribution < 1.29 is 4.79 Å². The highest BCUT2D eigenvalue weighted by Crippen LogP contribution is 2.34. The Balaban J connectivity index is 2.63. The Morgan fingerprint density at radius 2 is 2.33 bits per heavy atom. The Bertz CT molecular complexity index is 280. The van der Waals surface area contributed by atoms with Crippen LogP contribution in [0.15, 0.2) is 0 Å². The lowest BCUT2D eigenvalue weighted by Crippen LogP contribution is -2.46. The van der Waals surface area contributed by atoms with E-state index in [1.807, 2.05) is 0 Å². The summed E-state index contributed by atoms with van der Waals surface area (Å²) in [5.41, 5.74) is -0.227. The van der Waals surface area contributed by atoms with E-state index in [1.165, 1.54) is 0 Å². The molecule has 0 radical (unpaired) electrons. The maximum atomic E-state index is 12.1. The molecule has 0 aliphatic carbocycles. The molecule has 0 spiro atoms. The van der Waals surface area contributed by atoms with Gasteiger partial charge >= 0.3 is 0 Å². The van der Waals surface area contributed by atoms with Gasteiger partial charge in [0.05, 0.1) is 12.0 Å². The number of hydrogen-bond donors (Lipinski definition) is 2. The molecule has 15 heavy (non-hydrogen) atoms. The highest BCUT2D eigenvalue weighted by Gasteiger charge is 2.43. The van der Waals surface area contributed by atoms with Gasteiger partial charge in [-0.05, 0) is 25.8 Å². The Morgan fingerprint density at radius 3 is 2.80 bits per heavy atom. The van der Waals surface area contributed by atoms with Crippen LogP contribution in [0.2, 0.25) is 0 Å². The summed E-state index contributed by atoms with van der Waals surface area (Å²) in [4.78, 5) is 12.1. The normalized spacial score (nSPS) is 24.8. The van der Waals surface area contributed by atoms with Crippen molar-refractivity contribution in [2.75, 3.05) is 19.6 Å². The molecule has 1 amide bonds. The second-order valence-corrected chi connectivity index (χ2v) is 4.35. The molecule has 1 aliphatic rings. The van der Waals surface area contributed by atoms with Crippen molar-refractivity contribution >= 4 is 5.91 Å². The van der Waals surface area contributed by atoms with Crippen LogP contribution in [0, 0.1) is 23.2 Å². The van der Waals surface area contributed by atoms with Gasteiger partial charge in [0, 0.05) is 6.54 Å². The highest BCUT2D eigenvalue weighted by molar-refractivity contribution is 5.83. The predicted molar refractivity (Wildman–Crippen MR) is 61.2 cm³/mol. The number of rotatable bonds is 3. The standard InChI is InChI=1S/C12H20N2O/c1-4-5-7-14-11(15)12(10(2)3)6-8-13-9-12/h10,13H,6-9H2,1-3H3,(H,14,15). The number of amides is 1. The molecule has 1 fully saturated rings. The summed E-state index contributed by atoms with van der Waals surface area (Å²) in [5, 5.41) is 6.16. The van der Waals surface area contributed by atoms with Gasteiger partial charge in [-0.25, -0.2) is 0 Å². The molecule has 3 heteroatoms. The van der Waals surface area contributed by atoms with E-state index in [4.69, 9.17) is 0 Å². The smallest absolute Gasteiger partial charge is 0.228 e. The average Bonchev–Trinajstić information content (AvgIpc) is 2.67. The summed E-state index contributed by atoms with van der Waals surface area (Å²) in [6.45, 7) is 8.18. The third-order valence-electron chi connectivity index (χ3n) is 3.26. The Hall–Kier alpha value is -1.01. The lowest BCUT2D eigenvalue weighted by molar-refractivity contribution is -0.132. The second kappa shape index (κ2) is 5.18. The Kier molecular flexibility index (Phi) is 4.16. The lowest BCUT2D eigenvalue weighted by atomic mass is 9.75. The maximum Gasteiger partial charge on any atom is 0.228 e. The van der Waals surface area contributed by atoms with Gasteiger partial charge in [0.2, 0.25) is 5.91 Å². The molecule has 1 heterocycles. The van der Waals surface area contributed by atoms with Crippen molar-refractivity contribution in [3.63, 3.8) is 0 Å². The van der Waals surface area contributed by atoms with Crippen molar-refractivity contribution in [3.05, 3.63) is 0 Å². The average molecular weight is 208 g/mol. The highest BCUT2D eigenvalue weighted by atomic mass is 16.2. The first-order valence-electron chi connectivity index (χ1n) is 5.52. The van der Waals surface area contributed by atoms with Crippen molar-refractivity contribution in [3.8, 4) is 11.8 Å². The summed E-state index contributed by atoms with van der Waals surface area (Å²) in [6, 6.07) is 0. The van der Waals surface area contributed by atoms with Crippen LogP contribution in [0.5, 0.6) is 0 Å². The second-order valence-electron chi connectivity index (χ2n) is 4.35. The number of nitrogens with one attached hydrogen (secondary N) is 2. The third-order valence-corrected chi connectivity index (χ3v) is 3.26. The molecule has 3 nitrogen and oxygen atoms in total. The molecule has 0 aromatic heterocycles.